The van der Waals surface area contributed by atoms with E-state index in [-0.39, 0.29) is 43.0 Å². The first kappa shape index (κ1) is 27.1. The average molecular weight is 537 g/mol. The molecule has 3 heterocycles. The number of likely N-dealkylation sites (tertiary alicyclic amines) is 2. The van der Waals surface area contributed by atoms with E-state index in [1.54, 1.807) is 18.2 Å². The molecule has 1 N–H and O–H groups in total. The van der Waals surface area contributed by atoms with Crippen LogP contribution in [-0.2, 0) is 4.79 Å². The van der Waals surface area contributed by atoms with Crippen LogP contribution in [0.1, 0.15) is 64.6 Å². The highest BCUT2D eigenvalue weighted by atomic mass is 19.3. The van der Waals surface area contributed by atoms with Gasteiger partial charge in [-0.05, 0) is 55.7 Å². The molecule has 1 aromatic carbocycles. The van der Waals surface area contributed by atoms with Gasteiger partial charge in [-0.3, -0.25) is 9.59 Å². The molecule has 1 aliphatic carbocycles. The molecule has 2 aliphatic heterocycles. The lowest BCUT2D eigenvalue weighted by molar-refractivity contribution is -0.134. The van der Waals surface area contributed by atoms with Crippen LogP contribution in [0.25, 0.3) is 0 Å². The number of aryl methyl sites for hydroxylation is 2. The Labute approximate surface area is 227 Å². The maximum absolute atomic E-state index is 13.2. The van der Waals surface area contributed by atoms with Gasteiger partial charge in [0.1, 0.15) is 6.33 Å². The summed E-state index contributed by atoms with van der Waals surface area (Å²) in [6.45, 7) is 7.55. The molecule has 39 heavy (non-hydrogen) atoms. The van der Waals surface area contributed by atoms with Crippen LogP contribution in [-0.4, -0.2) is 70.2 Å². The lowest BCUT2D eigenvalue weighted by Gasteiger charge is -2.34. The number of hydrogen-bond acceptors (Lipinski definition) is 6. The molecule has 0 unspecified atom stereocenters. The van der Waals surface area contributed by atoms with Gasteiger partial charge < -0.3 is 15.1 Å². The van der Waals surface area contributed by atoms with Crippen molar-refractivity contribution in [3.05, 3.63) is 58.7 Å². The molecule has 3 atom stereocenters. The molecule has 3 aliphatic rings. The van der Waals surface area contributed by atoms with E-state index in [2.05, 4.69) is 26.3 Å². The molecule has 2 saturated heterocycles. The number of rotatable bonds is 8. The summed E-state index contributed by atoms with van der Waals surface area (Å²) >= 11 is 0. The summed E-state index contributed by atoms with van der Waals surface area (Å²) in [4.78, 5) is 38.6. The van der Waals surface area contributed by atoms with Crippen LogP contribution in [0.3, 0.4) is 0 Å². The van der Waals surface area contributed by atoms with E-state index in [4.69, 9.17) is 0 Å². The van der Waals surface area contributed by atoms with Crippen LogP contribution < -0.4 is 5.32 Å². The molecule has 3 fully saturated rings. The molecule has 1 saturated carbocycles. The topological polar surface area (TPSA) is 102 Å². The second-order valence-corrected chi connectivity index (χ2v) is 11.4. The van der Waals surface area contributed by atoms with Gasteiger partial charge in [-0.1, -0.05) is 12.1 Å². The number of nitrogens with zero attached hydrogens (tertiary/aromatic N) is 5. The van der Waals surface area contributed by atoms with Crippen LogP contribution in [0.15, 0.2) is 30.6 Å². The Balaban J connectivity index is 1.18. The van der Waals surface area contributed by atoms with Gasteiger partial charge in [0.05, 0.1) is 34.6 Å². The van der Waals surface area contributed by atoms with E-state index in [9.17, 15) is 23.6 Å². The summed E-state index contributed by atoms with van der Waals surface area (Å²) in [5.41, 5.74) is 3.35. The van der Waals surface area contributed by atoms with Crippen molar-refractivity contribution in [3.8, 4) is 6.07 Å². The number of nitrogens with one attached hydrogen (secondary N) is 1. The molecule has 0 radical (unpaired) electrons. The Morgan fingerprint density at radius 3 is 2.41 bits per heavy atom. The standard InChI is InChI=1S/C29H34F2N6O2/c1-18-27(19(2)34-17-33-18)28(39)37-15-23-13-36(14-24(23)16-37)7-6-25(22-5-3-4-20(8-22)12-32)35-26(38)9-21-10-29(30,31)11-21/h3-5,8,17,21,23-25H,6-7,9-11,13-16H2,1-2H3,(H,35,38)/t23-,24+,25-/m0/s1. The van der Waals surface area contributed by atoms with Crippen LogP contribution in [0.4, 0.5) is 8.78 Å². The predicted octanol–water partition coefficient (Wildman–Crippen LogP) is 3.65. The third kappa shape index (κ3) is 6.09. The highest BCUT2D eigenvalue weighted by molar-refractivity contribution is 5.96. The fourth-order valence-electron chi connectivity index (χ4n) is 6.40. The fourth-order valence-corrected chi connectivity index (χ4v) is 6.40. The van der Waals surface area contributed by atoms with E-state index in [0.29, 0.717) is 53.9 Å². The summed E-state index contributed by atoms with van der Waals surface area (Å²) in [7, 11) is 0. The van der Waals surface area contributed by atoms with E-state index in [1.807, 2.05) is 24.8 Å². The smallest absolute Gasteiger partial charge is 0.257 e. The number of alkyl halides is 2. The van der Waals surface area contributed by atoms with E-state index in [1.165, 1.54) is 6.33 Å². The number of amides is 2. The van der Waals surface area contributed by atoms with Gasteiger partial charge in [0.25, 0.3) is 5.91 Å². The van der Waals surface area contributed by atoms with Crippen molar-refractivity contribution in [2.24, 2.45) is 17.8 Å². The third-order valence-corrected chi connectivity index (χ3v) is 8.43. The zero-order valence-corrected chi connectivity index (χ0v) is 22.4. The monoisotopic (exact) mass is 536 g/mol. The molecule has 8 nitrogen and oxygen atoms in total. The SMILES string of the molecule is Cc1ncnc(C)c1C(=O)N1C[C@H]2CN(CC[C@H](NC(=O)CC3CC(F)(F)C3)c3cccc(C#N)c3)C[C@H]2C1. The molecule has 0 spiro atoms. The minimum atomic E-state index is -2.65. The van der Waals surface area contributed by atoms with Gasteiger partial charge in [-0.15, -0.1) is 0 Å². The lowest BCUT2D eigenvalue weighted by atomic mass is 9.79. The summed E-state index contributed by atoms with van der Waals surface area (Å²) in [5, 5.41) is 12.4. The van der Waals surface area contributed by atoms with Crippen molar-refractivity contribution < 1.29 is 18.4 Å². The zero-order chi connectivity index (χ0) is 27.7. The third-order valence-electron chi connectivity index (χ3n) is 8.43. The van der Waals surface area contributed by atoms with Crippen molar-refractivity contribution in [1.29, 1.82) is 5.26 Å². The lowest BCUT2D eigenvalue weighted by Crippen LogP contribution is -2.40. The van der Waals surface area contributed by atoms with Gasteiger partial charge in [0.2, 0.25) is 11.8 Å². The summed E-state index contributed by atoms with van der Waals surface area (Å²) in [6, 6.07) is 9.02. The number of halogens is 2. The molecular weight excluding hydrogens is 502 g/mol. The average Bonchev–Trinajstić information content (AvgIpc) is 3.44. The van der Waals surface area contributed by atoms with Gasteiger partial charge in [-0.25, -0.2) is 18.7 Å². The first-order valence-corrected chi connectivity index (χ1v) is 13.6. The van der Waals surface area contributed by atoms with Gasteiger partial charge in [-0.2, -0.15) is 5.26 Å². The van der Waals surface area contributed by atoms with E-state index < -0.39 is 5.92 Å². The van der Waals surface area contributed by atoms with Crippen molar-refractivity contribution in [3.63, 3.8) is 0 Å². The highest BCUT2D eigenvalue weighted by Gasteiger charge is 2.46. The summed E-state index contributed by atoms with van der Waals surface area (Å²) in [6.07, 6.45) is 1.75. The van der Waals surface area contributed by atoms with Crippen LogP contribution in [0.5, 0.6) is 0 Å². The van der Waals surface area contributed by atoms with Crippen LogP contribution >= 0.6 is 0 Å². The van der Waals surface area contributed by atoms with Gasteiger partial charge >= 0.3 is 0 Å². The summed E-state index contributed by atoms with van der Waals surface area (Å²) in [5.74, 6) is -2.40. The second-order valence-electron chi connectivity index (χ2n) is 11.4. The second kappa shape index (κ2) is 11.0. The highest BCUT2D eigenvalue weighted by Crippen LogP contribution is 2.44. The largest absolute Gasteiger partial charge is 0.349 e. The maximum Gasteiger partial charge on any atom is 0.257 e. The van der Waals surface area contributed by atoms with Crippen LogP contribution in [0.2, 0.25) is 0 Å². The minimum absolute atomic E-state index is 0.00377. The van der Waals surface area contributed by atoms with Crippen LogP contribution in [0, 0.1) is 42.9 Å². The Morgan fingerprint density at radius 1 is 1.13 bits per heavy atom. The molecule has 0 bridgehead atoms. The number of benzene rings is 1. The van der Waals surface area contributed by atoms with Crippen molar-refractivity contribution in [1.82, 2.24) is 25.1 Å². The van der Waals surface area contributed by atoms with Crippen molar-refractivity contribution in [2.45, 2.75) is 51.5 Å². The number of hydrogen-bond donors (Lipinski definition) is 1. The minimum Gasteiger partial charge on any atom is -0.349 e. The first-order valence-electron chi connectivity index (χ1n) is 13.6. The normalized spacial score (nSPS) is 23.1. The van der Waals surface area contributed by atoms with Gasteiger partial charge in [0, 0.05) is 52.0 Å². The Bertz CT molecular complexity index is 1250. The Morgan fingerprint density at radius 2 is 1.79 bits per heavy atom. The predicted molar refractivity (Wildman–Crippen MR) is 140 cm³/mol. The zero-order valence-electron chi connectivity index (χ0n) is 22.4. The molecule has 5 rings (SSSR count). The fraction of sp³-hybridized carbons (Fsp3) is 0.552. The maximum atomic E-state index is 13.2. The number of carbonyl (C=O) groups is 2. The number of nitriles is 1. The van der Waals surface area contributed by atoms with E-state index in [0.717, 1.165) is 25.2 Å². The number of aromatic nitrogens is 2. The van der Waals surface area contributed by atoms with Crippen molar-refractivity contribution in [2.75, 3.05) is 32.7 Å². The number of carbonyl (C=O) groups excluding carboxylic acids is 2. The Hall–Kier alpha value is -3.45. The molecule has 2 aromatic rings. The molecule has 206 valence electrons. The van der Waals surface area contributed by atoms with Crippen molar-refractivity contribution >= 4 is 11.8 Å². The first-order chi connectivity index (χ1) is 18.6. The van der Waals surface area contributed by atoms with Gasteiger partial charge in [0.15, 0.2) is 0 Å². The Kier molecular flexibility index (Phi) is 7.63. The molecule has 2 amide bonds. The molecule has 10 heteroatoms. The molecule has 1 aromatic heterocycles. The summed E-state index contributed by atoms with van der Waals surface area (Å²) < 4.78 is 26.5. The quantitative estimate of drug-likeness (QED) is 0.553. The van der Waals surface area contributed by atoms with E-state index >= 15 is 0 Å². The molecular formula is C29H34F2N6O2. The number of fused-ring (bicyclic) bond motifs is 1.